The Morgan fingerprint density at radius 2 is 2.24 bits per heavy atom. The maximum absolute atomic E-state index is 13.7. The van der Waals surface area contributed by atoms with E-state index < -0.39 is 0 Å². The Bertz CT molecular complexity index is 615. The number of aromatic nitrogens is 1. The average Bonchev–Trinajstić information content (AvgIpc) is 2.95. The van der Waals surface area contributed by atoms with Crippen LogP contribution in [0.2, 0.25) is 0 Å². The Morgan fingerprint density at radius 3 is 2.95 bits per heavy atom. The van der Waals surface area contributed by atoms with Crippen LogP contribution in [0.15, 0.2) is 30.5 Å². The number of hydrogen-bond donors (Lipinski definition) is 2. The number of halogens is 1. The van der Waals surface area contributed by atoms with Crippen LogP contribution in [0.3, 0.4) is 0 Å². The first-order valence-electron chi connectivity index (χ1n) is 6.74. The van der Waals surface area contributed by atoms with Gasteiger partial charge in [-0.1, -0.05) is 12.1 Å². The predicted molar refractivity (Wildman–Crippen MR) is 80.8 cm³/mol. The number of carbonyl (C=O) groups excluding carboxylic acids is 1. The quantitative estimate of drug-likeness (QED) is 0.862. The Kier molecular flexibility index (Phi) is 5.41. The van der Waals surface area contributed by atoms with Crippen LogP contribution in [0.25, 0.3) is 10.6 Å². The SMILES string of the molecule is CC(CCCO)NC(=O)c1cnc(-c2ccccc2F)s1. The molecule has 1 atom stereocenters. The van der Waals surface area contributed by atoms with E-state index in [0.29, 0.717) is 28.3 Å². The molecule has 1 unspecified atom stereocenters. The molecule has 0 saturated carbocycles. The molecule has 0 fully saturated rings. The standard InChI is InChI=1S/C15H17FN2O2S/c1-10(5-4-8-19)18-14(20)13-9-17-15(21-13)11-6-2-3-7-12(11)16/h2-3,6-7,9-10,19H,4-5,8H2,1H3,(H,18,20). The molecule has 0 saturated heterocycles. The highest BCUT2D eigenvalue weighted by molar-refractivity contribution is 7.16. The molecule has 6 heteroatoms. The van der Waals surface area contributed by atoms with Gasteiger partial charge < -0.3 is 10.4 Å². The van der Waals surface area contributed by atoms with Gasteiger partial charge in [0, 0.05) is 18.2 Å². The summed E-state index contributed by atoms with van der Waals surface area (Å²) in [5, 5.41) is 12.1. The molecule has 0 bridgehead atoms. The number of aliphatic hydroxyl groups excluding tert-OH is 1. The number of carbonyl (C=O) groups is 1. The summed E-state index contributed by atoms with van der Waals surface area (Å²) < 4.78 is 13.7. The van der Waals surface area contributed by atoms with E-state index in [9.17, 15) is 9.18 Å². The molecule has 0 radical (unpaired) electrons. The van der Waals surface area contributed by atoms with Crippen LogP contribution < -0.4 is 5.32 Å². The molecule has 2 N–H and O–H groups in total. The fraction of sp³-hybridized carbons (Fsp3) is 0.333. The smallest absolute Gasteiger partial charge is 0.263 e. The van der Waals surface area contributed by atoms with Gasteiger partial charge in [0.25, 0.3) is 5.91 Å². The molecule has 0 aliphatic rings. The minimum absolute atomic E-state index is 0.0244. The van der Waals surface area contributed by atoms with E-state index in [1.54, 1.807) is 18.2 Å². The summed E-state index contributed by atoms with van der Waals surface area (Å²) >= 11 is 1.16. The van der Waals surface area contributed by atoms with E-state index in [1.165, 1.54) is 12.3 Å². The highest BCUT2D eigenvalue weighted by Crippen LogP contribution is 2.27. The van der Waals surface area contributed by atoms with Crippen molar-refractivity contribution in [2.24, 2.45) is 0 Å². The third-order valence-electron chi connectivity index (χ3n) is 3.01. The lowest BCUT2D eigenvalue weighted by Gasteiger charge is -2.11. The lowest BCUT2D eigenvalue weighted by molar-refractivity contribution is 0.0940. The van der Waals surface area contributed by atoms with Crippen molar-refractivity contribution in [3.05, 3.63) is 41.2 Å². The first kappa shape index (κ1) is 15.6. The lowest BCUT2D eigenvalue weighted by Crippen LogP contribution is -2.32. The van der Waals surface area contributed by atoms with Crippen LogP contribution >= 0.6 is 11.3 Å². The number of nitrogens with zero attached hydrogens (tertiary/aromatic N) is 1. The van der Waals surface area contributed by atoms with Crippen LogP contribution in [0, 0.1) is 5.82 Å². The van der Waals surface area contributed by atoms with Gasteiger partial charge in [0.2, 0.25) is 0 Å². The van der Waals surface area contributed by atoms with Gasteiger partial charge >= 0.3 is 0 Å². The minimum Gasteiger partial charge on any atom is -0.396 e. The number of rotatable bonds is 6. The van der Waals surface area contributed by atoms with Crippen LogP contribution in [-0.2, 0) is 0 Å². The van der Waals surface area contributed by atoms with Crippen molar-refractivity contribution < 1.29 is 14.3 Å². The van der Waals surface area contributed by atoms with Gasteiger partial charge in [-0.15, -0.1) is 11.3 Å². The van der Waals surface area contributed by atoms with E-state index in [1.807, 2.05) is 6.92 Å². The molecule has 1 amide bonds. The van der Waals surface area contributed by atoms with E-state index in [-0.39, 0.29) is 24.4 Å². The fourth-order valence-corrected chi connectivity index (χ4v) is 2.75. The zero-order valence-electron chi connectivity index (χ0n) is 11.7. The third kappa shape index (κ3) is 4.09. The molecule has 0 spiro atoms. The van der Waals surface area contributed by atoms with Gasteiger partial charge in [0.1, 0.15) is 15.7 Å². The van der Waals surface area contributed by atoms with Crippen LogP contribution in [0.4, 0.5) is 4.39 Å². The fourth-order valence-electron chi connectivity index (χ4n) is 1.90. The van der Waals surface area contributed by atoms with Crippen LogP contribution in [0.5, 0.6) is 0 Å². The molecule has 4 nitrogen and oxygen atoms in total. The van der Waals surface area contributed by atoms with Crippen molar-refractivity contribution in [1.29, 1.82) is 0 Å². The molecule has 2 rings (SSSR count). The summed E-state index contributed by atoms with van der Waals surface area (Å²) in [6, 6.07) is 6.33. The van der Waals surface area contributed by atoms with Gasteiger partial charge in [-0.3, -0.25) is 4.79 Å². The number of nitrogens with one attached hydrogen (secondary N) is 1. The zero-order chi connectivity index (χ0) is 15.2. The molecule has 1 heterocycles. The van der Waals surface area contributed by atoms with Crippen molar-refractivity contribution in [2.45, 2.75) is 25.8 Å². The van der Waals surface area contributed by atoms with Gasteiger partial charge in [-0.2, -0.15) is 0 Å². The number of hydrogen-bond acceptors (Lipinski definition) is 4. The van der Waals surface area contributed by atoms with Gasteiger partial charge in [-0.25, -0.2) is 9.37 Å². The van der Waals surface area contributed by atoms with Crippen LogP contribution in [0.1, 0.15) is 29.4 Å². The maximum Gasteiger partial charge on any atom is 0.263 e. The molecule has 112 valence electrons. The van der Waals surface area contributed by atoms with Crippen molar-refractivity contribution in [3.63, 3.8) is 0 Å². The monoisotopic (exact) mass is 308 g/mol. The van der Waals surface area contributed by atoms with Crippen molar-refractivity contribution in [1.82, 2.24) is 10.3 Å². The molecule has 2 aromatic rings. The Balaban J connectivity index is 2.06. The number of benzene rings is 1. The number of aliphatic hydroxyl groups is 1. The summed E-state index contributed by atoms with van der Waals surface area (Å²) in [6.07, 6.45) is 2.81. The van der Waals surface area contributed by atoms with E-state index in [4.69, 9.17) is 5.11 Å². The van der Waals surface area contributed by atoms with Crippen molar-refractivity contribution in [2.75, 3.05) is 6.61 Å². The van der Waals surface area contributed by atoms with E-state index in [2.05, 4.69) is 10.3 Å². The molecular formula is C15H17FN2O2S. The summed E-state index contributed by atoms with van der Waals surface area (Å²) in [5.74, 6) is -0.573. The Hall–Kier alpha value is -1.79. The number of thiazole rings is 1. The summed E-state index contributed by atoms with van der Waals surface area (Å²) in [5.41, 5.74) is 0.398. The van der Waals surface area contributed by atoms with Gasteiger partial charge in [0.05, 0.1) is 6.20 Å². The molecule has 0 aliphatic heterocycles. The first-order chi connectivity index (χ1) is 10.1. The van der Waals surface area contributed by atoms with E-state index in [0.717, 1.165) is 11.3 Å². The Labute approximate surface area is 126 Å². The van der Waals surface area contributed by atoms with Crippen molar-refractivity contribution >= 4 is 17.2 Å². The molecule has 1 aromatic carbocycles. The summed E-state index contributed by atoms with van der Waals surface area (Å²) in [7, 11) is 0. The minimum atomic E-state index is -0.352. The number of amides is 1. The topological polar surface area (TPSA) is 62.2 Å². The second-order valence-corrected chi connectivity index (χ2v) is 5.78. The second-order valence-electron chi connectivity index (χ2n) is 4.75. The third-order valence-corrected chi connectivity index (χ3v) is 4.04. The van der Waals surface area contributed by atoms with Crippen molar-refractivity contribution in [3.8, 4) is 10.6 Å². The largest absolute Gasteiger partial charge is 0.396 e. The second kappa shape index (κ2) is 7.28. The predicted octanol–water partition coefficient (Wildman–Crippen LogP) is 2.84. The zero-order valence-corrected chi connectivity index (χ0v) is 12.5. The van der Waals surface area contributed by atoms with E-state index >= 15 is 0 Å². The summed E-state index contributed by atoms with van der Waals surface area (Å²) in [4.78, 5) is 16.6. The highest BCUT2D eigenvalue weighted by atomic mass is 32.1. The first-order valence-corrected chi connectivity index (χ1v) is 7.56. The molecule has 0 aliphatic carbocycles. The highest BCUT2D eigenvalue weighted by Gasteiger charge is 2.15. The molecular weight excluding hydrogens is 291 g/mol. The van der Waals surface area contributed by atoms with Gasteiger partial charge in [-0.05, 0) is 31.9 Å². The summed E-state index contributed by atoms with van der Waals surface area (Å²) in [6.45, 7) is 1.99. The maximum atomic E-state index is 13.7. The molecule has 1 aromatic heterocycles. The Morgan fingerprint density at radius 1 is 1.48 bits per heavy atom. The lowest BCUT2D eigenvalue weighted by atomic mass is 10.2. The average molecular weight is 308 g/mol. The normalized spacial score (nSPS) is 12.1. The molecule has 21 heavy (non-hydrogen) atoms. The van der Waals surface area contributed by atoms with Crippen LogP contribution in [-0.4, -0.2) is 28.6 Å². The van der Waals surface area contributed by atoms with Gasteiger partial charge in [0.15, 0.2) is 0 Å².